The van der Waals surface area contributed by atoms with Gasteiger partial charge in [-0.15, -0.1) is 0 Å². The number of hydrogen-bond donors (Lipinski definition) is 1. The molecule has 1 N–H and O–H groups in total. The van der Waals surface area contributed by atoms with Gasteiger partial charge in [0.05, 0.1) is 20.7 Å². The number of benzene rings is 1. The maximum absolute atomic E-state index is 8.91. The Labute approximate surface area is 86.4 Å². The Morgan fingerprint density at radius 3 is 2.21 bits per heavy atom. The first kappa shape index (κ1) is 11.2. The van der Waals surface area contributed by atoms with Crippen LogP contribution >= 0.6 is 0 Å². The van der Waals surface area contributed by atoms with E-state index in [9.17, 15) is 0 Å². The van der Waals surface area contributed by atoms with E-state index >= 15 is 0 Å². The van der Waals surface area contributed by atoms with Gasteiger partial charge in [-0.2, -0.15) is 0 Å². The Balaban J connectivity index is 2.64. The van der Waals surface area contributed by atoms with Crippen LogP contribution in [0, 0.1) is 6.92 Å². The SMILES string of the molecule is Cc1ccc(C[N+](C)(C)CCO)cc1. The molecule has 0 unspecified atom stereocenters. The normalized spacial score (nSPS) is 11.7. The van der Waals surface area contributed by atoms with Crippen LogP contribution in [0.4, 0.5) is 0 Å². The first-order valence-electron chi connectivity index (χ1n) is 5.02. The number of quaternary nitrogens is 1. The van der Waals surface area contributed by atoms with E-state index in [2.05, 4.69) is 45.3 Å². The molecule has 14 heavy (non-hydrogen) atoms. The molecule has 0 aliphatic rings. The minimum absolute atomic E-state index is 0.249. The van der Waals surface area contributed by atoms with Crippen LogP contribution in [-0.4, -0.2) is 36.8 Å². The average Bonchev–Trinajstić information content (AvgIpc) is 2.08. The highest BCUT2D eigenvalue weighted by Crippen LogP contribution is 2.09. The van der Waals surface area contributed by atoms with Gasteiger partial charge in [0.15, 0.2) is 0 Å². The van der Waals surface area contributed by atoms with Crippen LogP contribution in [0.5, 0.6) is 0 Å². The van der Waals surface area contributed by atoms with Gasteiger partial charge in [-0.25, -0.2) is 0 Å². The average molecular weight is 194 g/mol. The summed E-state index contributed by atoms with van der Waals surface area (Å²) in [5.41, 5.74) is 2.62. The zero-order chi connectivity index (χ0) is 10.6. The molecule has 0 heterocycles. The lowest BCUT2D eigenvalue weighted by atomic mass is 10.1. The predicted octanol–water partition coefficient (Wildman–Crippen LogP) is 1.56. The summed E-state index contributed by atoms with van der Waals surface area (Å²) < 4.78 is 0.833. The second-order valence-electron chi connectivity index (χ2n) is 4.53. The van der Waals surface area contributed by atoms with E-state index in [4.69, 9.17) is 5.11 Å². The highest BCUT2D eigenvalue weighted by molar-refractivity contribution is 5.20. The van der Waals surface area contributed by atoms with Crippen LogP contribution in [0.25, 0.3) is 0 Å². The summed E-state index contributed by atoms with van der Waals surface area (Å²) in [5.74, 6) is 0. The van der Waals surface area contributed by atoms with Gasteiger partial charge in [0.2, 0.25) is 0 Å². The molecule has 0 spiro atoms. The van der Waals surface area contributed by atoms with Gasteiger partial charge in [-0.05, 0) is 6.92 Å². The van der Waals surface area contributed by atoms with Crippen molar-refractivity contribution >= 4 is 0 Å². The Morgan fingerprint density at radius 2 is 1.71 bits per heavy atom. The van der Waals surface area contributed by atoms with Crippen molar-refractivity contribution in [3.8, 4) is 0 Å². The second kappa shape index (κ2) is 4.58. The highest BCUT2D eigenvalue weighted by Gasteiger charge is 2.14. The lowest BCUT2D eigenvalue weighted by Gasteiger charge is -2.29. The number of hydrogen-bond acceptors (Lipinski definition) is 1. The molecule has 0 fully saturated rings. The topological polar surface area (TPSA) is 20.2 Å². The molecule has 0 saturated heterocycles. The number of aliphatic hydroxyl groups excluding tert-OH is 1. The van der Waals surface area contributed by atoms with Crippen LogP contribution in [-0.2, 0) is 6.54 Å². The summed E-state index contributed by atoms with van der Waals surface area (Å²) >= 11 is 0. The largest absolute Gasteiger partial charge is 0.391 e. The molecule has 2 nitrogen and oxygen atoms in total. The number of rotatable bonds is 4. The Kier molecular flexibility index (Phi) is 3.67. The van der Waals surface area contributed by atoms with Crippen LogP contribution in [0.3, 0.4) is 0 Å². The lowest BCUT2D eigenvalue weighted by Crippen LogP contribution is -2.40. The molecule has 0 atom stereocenters. The van der Waals surface area contributed by atoms with Crippen molar-refractivity contribution in [3.63, 3.8) is 0 Å². The van der Waals surface area contributed by atoms with Crippen molar-refractivity contribution in [3.05, 3.63) is 35.4 Å². The standard InChI is InChI=1S/C12H20NO/c1-11-4-6-12(7-5-11)10-13(2,3)8-9-14/h4-7,14H,8-10H2,1-3H3/q+1. The molecule has 0 amide bonds. The summed E-state index contributed by atoms with van der Waals surface area (Å²) in [6.45, 7) is 4.12. The van der Waals surface area contributed by atoms with Crippen LogP contribution in [0.2, 0.25) is 0 Å². The van der Waals surface area contributed by atoms with Crippen molar-refractivity contribution in [2.75, 3.05) is 27.2 Å². The third kappa shape index (κ3) is 3.48. The fourth-order valence-electron chi connectivity index (χ4n) is 1.54. The van der Waals surface area contributed by atoms with E-state index in [1.807, 2.05) is 0 Å². The molecule has 0 saturated carbocycles. The first-order chi connectivity index (χ1) is 6.53. The van der Waals surface area contributed by atoms with E-state index in [0.29, 0.717) is 0 Å². The minimum atomic E-state index is 0.249. The predicted molar refractivity (Wildman–Crippen MR) is 58.9 cm³/mol. The van der Waals surface area contributed by atoms with Crippen molar-refractivity contribution in [1.29, 1.82) is 0 Å². The van der Waals surface area contributed by atoms with Crippen molar-refractivity contribution in [2.45, 2.75) is 13.5 Å². The third-order valence-corrected chi connectivity index (χ3v) is 2.44. The number of likely N-dealkylation sites (N-methyl/N-ethyl adjacent to an activating group) is 1. The van der Waals surface area contributed by atoms with Crippen molar-refractivity contribution < 1.29 is 9.59 Å². The zero-order valence-corrected chi connectivity index (χ0v) is 9.33. The monoisotopic (exact) mass is 194 g/mol. The van der Waals surface area contributed by atoms with E-state index in [-0.39, 0.29) is 6.61 Å². The fourth-order valence-corrected chi connectivity index (χ4v) is 1.54. The van der Waals surface area contributed by atoms with Gasteiger partial charge < -0.3 is 9.59 Å². The van der Waals surface area contributed by atoms with Crippen LogP contribution in [0.1, 0.15) is 11.1 Å². The summed E-state index contributed by atoms with van der Waals surface area (Å²) in [7, 11) is 4.27. The lowest BCUT2D eigenvalue weighted by molar-refractivity contribution is -0.903. The summed E-state index contributed by atoms with van der Waals surface area (Å²) in [6, 6.07) is 8.59. The Hall–Kier alpha value is -0.860. The highest BCUT2D eigenvalue weighted by atomic mass is 16.3. The maximum atomic E-state index is 8.91. The molecule has 0 aliphatic heterocycles. The van der Waals surface area contributed by atoms with Crippen LogP contribution in [0.15, 0.2) is 24.3 Å². The molecule has 0 bridgehead atoms. The van der Waals surface area contributed by atoms with Gasteiger partial charge in [-0.1, -0.05) is 29.8 Å². The number of nitrogens with zero attached hydrogens (tertiary/aromatic N) is 1. The van der Waals surface area contributed by atoms with Crippen molar-refractivity contribution in [1.82, 2.24) is 0 Å². The summed E-state index contributed by atoms with van der Waals surface area (Å²) in [6.07, 6.45) is 0. The quantitative estimate of drug-likeness (QED) is 0.721. The number of aliphatic hydroxyl groups is 1. The Morgan fingerprint density at radius 1 is 1.14 bits per heavy atom. The Bertz CT molecular complexity index is 277. The van der Waals surface area contributed by atoms with Gasteiger partial charge in [0.25, 0.3) is 0 Å². The van der Waals surface area contributed by atoms with E-state index < -0.39 is 0 Å². The number of aryl methyl sites for hydroxylation is 1. The first-order valence-corrected chi connectivity index (χ1v) is 5.02. The van der Waals surface area contributed by atoms with Crippen LogP contribution < -0.4 is 0 Å². The minimum Gasteiger partial charge on any atom is -0.391 e. The molecule has 1 aromatic carbocycles. The summed E-state index contributed by atoms with van der Waals surface area (Å²) in [4.78, 5) is 0. The van der Waals surface area contributed by atoms with Gasteiger partial charge in [0.1, 0.15) is 13.1 Å². The second-order valence-corrected chi connectivity index (χ2v) is 4.53. The molecule has 0 aromatic heterocycles. The molecule has 78 valence electrons. The molecule has 1 aromatic rings. The molecule has 1 rings (SSSR count). The summed E-state index contributed by atoms with van der Waals surface area (Å²) in [5, 5.41) is 8.91. The maximum Gasteiger partial charge on any atom is 0.104 e. The van der Waals surface area contributed by atoms with Gasteiger partial charge in [-0.3, -0.25) is 0 Å². The smallest absolute Gasteiger partial charge is 0.104 e. The van der Waals surface area contributed by atoms with Gasteiger partial charge >= 0.3 is 0 Å². The zero-order valence-electron chi connectivity index (χ0n) is 9.33. The molecule has 0 aliphatic carbocycles. The van der Waals surface area contributed by atoms with Gasteiger partial charge in [0, 0.05) is 5.56 Å². The molecular formula is C12H20NO+. The third-order valence-electron chi connectivity index (χ3n) is 2.44. The molecule has 2 heteroatoms. The fraction of sp³-hybridized carbons (Fsp3) is 0.500. The van der Waals surface area contributed by atoms with E-state index in [1.54, 1.807) is 0 Å². The molecular weight excluding hydrogens is 174 g/mol. The molecule has 0 radical (unpaired) electrons. The van der Waals surface area contributed by atoms with E-state index in [1.165, 1.54) is 11.1 Å². The van der Waals surface area contributed by atoms with Crippen molar-refractivity contribution in [2.24, 2.45) is 0 Å². The van der Waals surface area contributed by atoms with E-state index in [0.717, 1.165) is 17.6 Å².